The van der Waals surface area contributed by atoms with Crippen LogP contribution in [-0.4, -0.2) is 231 Å². The Labute approximate surface area is 678 Å². The van der Waals surface area contributed by atoms with Crippen LogP contribution in [0, 0.1) is 25.7 Å². The minimum Gasteiger partial charge on any atom is -0.493 e. The molecule has 8 N–H and O–H groups in total. The summed E-state index contributed by atoms with van der Waals surface area (Å²) in [4.78, 5) is 195. The number of fused-ring (bicyclic) bond motifs is 8. The molecule has 0 radical (unpaired) electrons. The van der Waals surface area contributed by atoms with Gasteiger partial charge < -0.3 is 81.1 Å². The van der Waals surface area contributed by atoms with Gasteiger partial charge >= 0.3 is 0 Å². The lowest BCUT2D eigenvalue weighted by molar-refractivity contribution is -0.144. The second-order valence-electron chi connectivity index (χ2n) is 31.5. The molecule has 0 spiro atoms. The molecule has 4 aliphatic heterocycles. The van der Waals surface area contributed by atoms with E-state index in [2.05, 4.69) is 42.5 Å². The summed E-state index contributed by atoms with van der Waals surface area (Å²) in [5.41, 5.74) is 4.51. The number of ether oxygens (including phenoxy) is 4. The number of Topliss-reactive ketones (excluding diaryl/α,β-unsaturated/α-hetero) is 2. The number of likely N-dealkylation sites (N-methyl/N-ethyl adjacent to an activating group) is 2. The first kappa shape index (κ1) is 89.3. The van der Waals surface area contributed by atoms with E-state index in [0.29, 0.717) is 74.7 Å². The standard InChI is InChI=1S/2C43H58N6O9/c2*1-5-13-33(39(52)41(54)44-25-36(51)47-37(42(55)48(3)4)29-14-8-6-9-15-29)45-40(53)34-24-32-26-49(34)43(56)38(30-16-10-7-11-17-30)46-35(50)23-28-20-27(2)21-31(22-28)57-18-12-19-58-32/h2*6,8-9,14-15,20-22,30,32-34,37-38H,5,7,10-13,16-19,23-26H2,1-4H3,(H,44,54)(H,45,53)(H,46,50)(H,47,51)/t32-,33+,34+,37+,38+;32-,33-,34+,37+,38+/m11/s1. The third kappa shape index (κ3) is 25.7. The van der Waals surface area contributed by atoms with Crippen molar-refractivity contribution >= 4 is 82.5 Å². The summed E-state index contributed by atoms with van der Waals surface area (Å²) in [7, 11) is 6.24. The SMILES string of the molecule is CCC[C@@H](NC(=O)[C@@H]1C[C@@H]2CN1C(=O)[C@H](C1CCCCC1)NC(=O)Cc1cc(C)cc(c1)OCCCO2)C(=O)C(=O)NCC(=O)N[C@H](C(=O)N(C)C)c1ccccc1.CCC[C@H](NC(=O)[C@@H]1C[C@@H]2CN1C(=O)[C@H](C1CCCCC1)NC(=O)Cc1cc(C)cc(c1)OCCCO2)C(=O)C(=O)NCC(=O)N[C@H](C(=O)N(C)C)c1ccccc1. The van der Waals surface area contributed by atoms with Crippen molar-refractivity contribution in [1.82, 2.24) is 62.1 Å². The quantitative estimate of drug-likeness (QED) is 0.0445. The fourth-order valence-corrected chi connectivity index (χ4v) is 16.0. The topological polar surface area (TPSA) is 385 Å². The summed E-state index contributed by atoms with van der Waals surface area (Å²) in [6, 6.07) is 20.3. The lowest BCUT2D eigenvalue weighted by Gasteiger charge is -2.35. The van der Waals surface area contributed by atoms with Crippen LogP contribution >= 0.6 is 0 Å². The van der Waals surface area contributed by atoms with Crippen molar-refractivity contribution in [1.29, 1.82) is 0 Å². The van der Waals surface area contributed by atoms with Crippen LogP contribution in [0.25, 0.3) is 0 Å². The Morgan fingerprint density at radius 1 is 0.474 bits per heavy atom. The molecule has 0 aromatic heterocycles. The van der Waals surface area contributed by atoms with Crippen molar-refractivity contribution in [3.63, 3.8) is 0 Å². The van der Waals surface area contributed by atoms with Gasteiger partial charge in [0, 0.05) is 67.0 Å². The van der Waals surface area contributed by atoms with Gasteiger partial charge in [-0.25, -0.2) is 0 Å². The number of ketones is 2. The van der Waals surface area contributed by atoms with Crippen LogP contribution < -0.4 is 52.0 Å². The highest BCUT2D eigenvalue weighted by molar-refractivity contribution is 6.39. The molecule has 628 valence electrons. The van der Waals surface area contributed by atoms with E-state index in [9.17, 15) is 67.1 Å². The fourth-order valence-electron chi connectivity index (χ4n) is 16.0. The molecule has 116 heavy (non-hydrogen) atoms. The van der Waals surface area contributed by atoms with Crippen LogP contribution in [-0.2, 0) is 89.4 Å². The maximum absolute atomic E-state index is 14.6. The molecule has 0 unspecified atom stereocenters. The van der Waals surface area contributed by atoms with Gasteiger partial charge in [-0.15, -0.1) is 0 Å². The van der Waals surface area contributed by atoms with Crippen molar-refractivity contribution in [3.8, 4) is 11.5 Å². The van der Waals surface area contributed by atoms with Crippen molar-refractivity contribution in [3.05, 3.63) is 130 Å². The van der Waals surface area contributed by atoms with Gasteiger partial charge in [0.2, 0.25) is 70.6 Å². The molecule has 2 saturated heterocycles. The normalized spacial score (nSPS) is 21.4. The van der Waals surface area contributed by atoms with Crippen LogP contribution in [0.1, 0.15) is 175 Å². The summed E-state index contributed by atoms with van der Waals surface area (Å²) in [6.07, 6.45) is 10.4. The second kappa shape index (κ2) is 43.9. The maximum Gasteiger partial charge on any atom is 0.290 e. The number of amides is 12. The molecule has 4 aromatic carbocycles. The monoisotopic (exact) mass is 1600 g/mol. The first-order valence-corrected chi connectivity index (χ1v) is 40.9. The summed E-state index contributed by atoms with van der Waals surface area (Å²) in [5, 5.41) is 21.4. The first-order chi connectivity index (χ1) is 55.7. The van der Waals surface area contributed by atoms with E-state index >= 15 is 0 Å². The van der Waals surface area contributed by atoms with E-state index in [4.69, 9.17) is 18.9 Å². The Kier molecular flexibility index (Phi) is 33.8. The van der Waals surface area contributed by atoms with E-state index in [-0.39, 0.29) is 98.9 Å². The third-order valence-corrected chi connectivity index (χ3v) is 21.8. The number of benzene rings is 4. The number of rotatable bonds is 24. The zero-order valence-corrected chi connectivity index (χ0v) is 68.1. The highest BCUT2D eigenvalue weighted by atomic mass is 16.5. The van der Waals surface area contributed by atoms with E-state index in [0.717, 1.165) is 86.5 Å². The zero-order valence-electron chi connectivity index (χ0n) is 68.1. The predicted octanol–water partition coefficient (Wildman–Crippen LogP) is 4.57. The van der Waals surface area contributed by atoms with Crippen molar-refractivity contribution in [2.75, 3.05) is 80.8 Å². The van der Waals surface area contributed by atoms with Gasteiger partial charge in [-0.1, -0.05) is 138 Å². The lowest BCUT2D eigenvalue weighted by Crippen LogP contribution is -2.58. The number of carbonyl (C=O) groups excluding carboxylic acids is 14. The van der Waals surface area contributed by atoms with E-state index in [1.54, 1.807) is 103 Å². The van der Waals surface area contributed by atoms with Crippen LogP contribution in [0.2, 0.25) is 0 Å². The highest BCUT2D eigenvalue weighted by Crippen LogP contribution is 2.34. The van der Waals surface area contributed by atoms with Gasteiger partial charge in [0.05, 0.1) is 76.7 Å². The van der Waals surface area contributed by atoms with Crippen LogP contribution in [0.5, 0.6) is 11.5 Å². The molecule has 4 heterocycles. The summed E-state index contributed by atoms with van der Waals surface area (Å²) < 4.78 is 24.3. The average molecular weight is 1610 g/mol. The molecule has 30 heteroatoms. The largest absolute Gasteiger partial charge is 0.493 e. The molecule has 2 aliphatic carbocycles. The lowest BCUT2D eigenvalue weighted by atomic mass is 9.83. The van der Waals surface area contributed by atoms with Gasteiger partial charge in [0.1, 0.15) is 47.8 Å². The predicted molar refractivity (Wildman–Crippen MR) is 428 cm³/mol. The fraction of sp³-hybridized carbons (Fsp3) is 0.558. The molecular weight excluding hydrogens is 1490 g/mol. The Morgan fingerprint density at radius 2 is 0.845 bits per heavy atom. The molecular formula is C86H116N12O18. The number of nitrogens with one attached hydrogen (secondary N) is 8. The van der Waals surface area contributed by atoms with Crippen LogP contribution in [0.3, 0.4) is 0 Å². The number of hydrogen-bond acceptors (Lipinski definition) is 18. The molecule has 10 rings (SSSR count). The van der Waals surface area contributed by atoms with E-state index in [1.165, 1.54) is 19.6 Å². The number of hydrogen-bond donors (Lipinski definition) is 8. The molecule has 8 bridgehead atoms. The number of carbonyl (C=O) groups is 14. The number of aryl methyl sites for hydroxylation is 2. The third-order valence-electron chi connectivity index (χ3n) is 21.8. The first-order valence-electron chi connectivity index (χ1n) is 40.9. The Hall–Kier alpha value is -10.6. The smallest absolute Gasteiger partial charge is 0.290 e. The van der Waals surface area contributed by atoms with Gasteiger partial charge in [-0.3, -0.25) is 67.1 Å². The van der Waals surface area contributed by atoms with Gasteiger partial charge in [0.15, 0.2) is 0 Å². The Bertz CT molecular complexity index is 3850. The molecule has 2 saturated carbocycles. The second-order valence-corrected chi connectivity index (χ2v) is 31.5. The molecule has 30 nitrogen and oxygen atoms in total. The van der Waals surface area contributed by atoms with Crippen LogP contribution in [0.15, 0.2) is 97.1 Å². The van der Waals surface area contributed by atoms with Crippen LogP contribution in [0.4, 0.5) is 0 Å². The van der Waals surface area contributed by atoms with Crippen molar-refractivity contribution in [2.45, 2.75) is 217 Å². The molecule has 6 aliphatic rings. The summed E-state index contributed by atoms with van der Waals surface area (Å²) in [5.74, 6) is -7.76. The maximum atomic E-state index is 14.6. The Morgan fingerprint density at radius 3 is 1.20 bits per heavy atom. The number of nitrogens with zero attached hydrogens (tertiary/aromatic N) is 4. The van der Waals surface area contributed by atoms with E-state index in [1.807, 2.05) is 50.2 Å². The summed E-state index contributed by atoms with van der Waals surface area (Å²) in [6.45, 7) is 7.88. The minimum atomic E-state index is -1.24. The van der Waals surface area contributed by atoms with E-state index < -0.39 is 121 Å². The average Bonchev–Trinajstić information content (AvgIpc) is 1.65. The van der Waals surface area contributed by atoms with Crippen molar-refractivity contribution < 1.29 is 86.1 Å². The van der Waals surface area contributed by atoms with Gasteiger partial charge in [-0.05, 0) is 122 Å². The van der Waals surface area contributed by atoms with Gasteiger partial charge in [0.25, 0.3) is 11.8 Å². The molecule has 4 fully saturated rings. The Balaban J connectivity index is 0.000000265. The molecule has 12 amide bonds. The minimum absolute atomic E-state index is 0.0521. The molecule has 10 atom stereocenters. The van der Waals surface area contributed by atoms with Gasteiger partial charge in [-0.2, -0.15) is 0 Å². The molecule has 4 aromatic rings. The summed E-state index contributed by atoms with van der Waals surface area (Å²) >= 11 is 0. The zero-order chi connectivity index (χ0) is 83.5. The van der Waals surface area contributed by atoms with Crippen molar-refractivity contribution in [2.24, 2.45) is 11.8 Å². The highest BCUT2D eigenvalue weighted by Gasteiger charge is 2.48.